The van der Waals surface area contributed by atoms with Crippen molar-refractivity contribution in [2.75, 3.05) is 17.7 Å². The van der Waals surface area contributed by atoms with E-state index < -0.39 is 0 Å². The van der Waals surface area contributed by atoms with Crippen LogP contribution in [-0.2, 0) is 6.42 Å². The van der Waals surface area contributed by atoms with Crippen molar-refractivity contribution >= 4 is 23.2 Å². The van der Waals surface area contributed by atoms with E-state index in [-0.39, 0.29) is 6.04 Å². The van der Waals surface area contributed by atoms with Gasteiger partial charge in [0.2, 0.25) is 0 Å². The number of hydrogen-bond donors (Lipinski definition) is 2. The summed E-state index contributed by atoms with van der Waals surface area (Å²) in [7, 11) is 1.85. The van der Waals surface area contributed by atoms with E-state index in [2.05, 4.69) is 27.5 Å². The van der Waals surface area contributed by atoms with Crippen LogP contribution in [0.25, 0.3) is 0 Å². The minimum Gasteiger partial charge on any atom is -0.373 e. The summed E-state index contributed by atoms with van der Waals surface area (Å²) in [5.41, 5.74) is 1.05. The van der Waals surface area contributed by atoms with Gasteiger partial charge < -0.3 is 10.6 Å². The Morgan fingerprint density at radius 1 is 1.20 bits per heavy atom. The molecule has 106 valence electrons. The minimum absolute atomic E-state index is 0.0769. The summed E-state index contributed by atoms with van der Waals surface area (Å²) in [6.07, 6.45) is 0.796. The summed E-state index contributed by atoms with van der Waals surface area (Å²) in [5.74, 6) is 2.42. The molecule has 0 spiro atoms. The highest BCUT2D eigenvalue weighted by atomic mass is 35.5. The van der Waals surface area contributed by atoms with E-state index in [1.54, 1.807) is 0 Å². The normalized spacial score (nSPS) is 12.0. The van der Waals surface area contributed by atoms with E-state index in [0.717, 1.165) is 34.5 Å². The van der Waals surface area contributed by atoms with Crippen molar-refractivity contribution < 1.29 is 0 Å². The molecule has 0 aliphatic rings. The van der Waals surface area contributed by atoms with Crippen LogP contribution in [0.2, 0.25) is 5.02 Å². The van der Waals surface area contributed by atoms with Gasteiger partial charge in [-0.15, -0.1) is 0 Å². The predicted octanol–water partition coefficient (Wildman–Crippen LogP) is 3.91. The number of rotatable bonds is 5. The van der Waals surface area contributed by atoms with Crippen molar-refractivity contribution in [3.8, 4) is 0 Å². The van der Waals surface area contributed by atoms with Gasteiger partial charge in [0, 0.05) is 24.6 Å². The van der Waals surface area contributed by atoms with E-state index in [0.29, 0.717) is 0 Å². The highest BCUT2D eigenvalue weighted by molar-refractivity contribution is 6.31. The summed E-state index contributed by atoms with van der Waals surface area (Å²) in [4.78, 5) is 8.87. The maximum atomic E-state index is 6.22. The second-order valence-corrected chi connectivity index (χ2v) is 4.95. The molecule has 1 aromatic heterocycles. The number of benzene rings is 1. The fourth-order valence-corrected chi connectivity index (χ4v) is 2.28. The topological polar surface area (TPSA) is 49.8 Å². The average Bonchev–Trinajstić information content (AvgIpc) is 2.47. The molecule has 0 aliphatic heterocycles. The van der Waals surface area contributed by atoms with Crippen LogP contribution < -0.4 is 10.6 Å². The lowest BCUT2D eigenvalue weighted by Crippen LogP contribution is -2.10. The molecule has 0 radical (unpaired) electrons. The Morgan fingerprint density at radius 2 is 1.90 bits per heavy atom. The number of aromatic nitrogens is 2. The SMILES string of the molecule is CCc1nc(NC)cc(NC(C)c2ccccc2Cl)n1. The largest absolute Gasteiger partial charge is 0.373 e. The van der Waals surface area contributed by atoms with Crippen LogP contribution in [0.3, 0.4) is 0 Å². The second kappa shape index (κ2) is 6.57. The van der Waals surface area contributed by atoms with Crippen molar-refractivity contribution in [1.82, 2.24) is 9.97 Å². The number of hydrogen-bond acceptors (Lipinski definition) is 4. The molecule has 0 bridgehead atoms. The zero-order valence-corrected chi connectivity index (χ0v) is 12.7. The Kier molecular flexibility index (Phi) is 4.79. The lowest BCUT2D eigenvalue weighted by atomic mass is 10.1. The van der Waals surface area contributed by atoms with Gasteiger partial charge in [0.15, 0.2) is 0 Å². The maximum Gasteiger partial charge on any atom is 0.132 e. The van der Waals surface area contributed by atoms with E-state index in [4.69, 9.17) is 11.6 Å². The first-order chi connectivity index (χ1) is 9.63. The average molecular weight is 291 g/mol. The van der Waals surface area contributed by atoms with Gasteiger partial charge in [-0.2, -0.15) is 0 Å². The first-order valence-electron chi connectivity index (χ1n) is 6.70. The molecule has 1 aromatic carbocycles. The Balaban J connectivity index is 2.23. The van der Waals surface area contributed by atoms with Gasteiger partial charge >= 0.3 is 0 Å². The van der Waals surface area contributed by atoms with Gasteiger partial charge in [-0.3, -0.25) is 0 Å². The molecule has 5 heteroatoms. The predicted molar refractivity (Wildman–Crippen MR) is 84.4 cm³/mol. The molecule has 0 saturated heterocycles. The molecular weight excluding hydrogens is 272 g/mol. The first-order valence-corrected chi connectivity index (χ1v) is 7.08. The summed E-state index contributed by atoms with van der Waals surface area (Å²) >= 11 is 6.22. The number of aryl methyl sites for hydroxylation is 1. The fraction of sp³-hybridized carbons (Fsp3) is 0.333. The third-order valence-corrected chi connectivity index (χ3v) is 3.43. The molecule has 20 heavy (non-hydrogen) atoms. The smallest absolute Gasteiger partial charge is 0.132 e. The third kappa shape index (κ3) is 3.39. The molecule has 2 N–H and O–H groups in total. The van der Waals surface area contributed by atoms with E-state index in [9.17, 15) is 0 Å². The molecule has 1 heterocycles. The van der Waals surface area contributed by atoms with Gasteiger partial charge in [-0.1, -0.05) is 36.7 Å². The number of halogens is 1. The highest BCUT2D eigenvalue weighted by Gasteiger charge is 2.10. The van der Waals surface area contributed by atoms with E-state index in [1.165, 1.54) is 0 Å². The molecule has 1 unspecified atom stereocenters. The van der Waals surface area contributed by atoms with Crippen molar-refractivity contribution in [3.05, 3.63) is 46.7 Å². The van der Waals surface area contributed by atoms with Crippen LogP contribution in [0.15, 0.2) is 30.3 Å². The van der Waals surface area contributed by atoms with E-state index in [1.807, 2.05) is 44.3 Å². The molecule has 0 amide bonds. The number of nitrogens with one attached hydrogen (secondary N) is 2. The molecule has 2 rings (SSSR count). The standard InChI is InChI=1S/C15H19ClN4/c1-4-13-19-14(17-3)9-15(20-13)18-10(2)11-7-5-6-8-12(11)16/h5-10H,4H2,1-3H3,(H2,17,18,19,20). The quantitative estimate of drug-likeness (QED) is 0.876. The van der Waals surface area contributed by atoms with Gasteiger partial charge in [-0.25, -0.2) is 9.97 Å². The molecule has 4 nitrogen and oxygen atoms in total. The van der Waals surface area contributed by atoms with Gasteiger partial charge in [0.05, 0.1) is 6.04 Å². The van der Waals surface area contributed by atoms with Gasteiger partial charge in [0.1, 0.15) is 17.5 Å². The third-order valence-electron chi connectivity index (χ3n) is 3.08. The maximum absolute atomic E-state index is 6.22. The first kappa shape index (κ1) is 14.6. The molecule has 0 fully saturated rings. The van der Waals surface area contributed by atoms with Crippen LogP contribution in [-0.4, -0.2) is 17.0 Å². The molecular formula is C15H19ClN4. The summed E-state index contributed by atoms with van der Waals surface area (Å²) in [6, 6.07) is 9.79. The second-order valence-electron chi connectivity index (χ2n) is 4.55. The lowest BCUT2D eigenvalue weighted by molar-refractivity contribution is 0.858. The van der Waals surface area contributed by atoms with Crippen LogP contribution in [0.1, 0.15) is 31.3 Å². The van der Waals surface area contributed by atoms with E-state index >= 15 is 0 Å². The Bertz CT molecular complexity index is 564. The number of nitrogens with zero attached hydrogens (tertiary/aromatic N) is 2. The van der Waals surface area contributed by atoms with Crippen molar-refractivity contribution in [2.24, 2.45) is 0 Å². The minimum atomic E-state index is 0.0769. The van der Waals surface area contributed by atoms with Crippen LogP contribution in [0.4, 0.5) is 11.6 Å². The summed E-state index contributed by atoms with van der Waals surface area (Å²) in [6.45, 7) is 4.10. The number of anilines is 2. The van der Waals surface area contributed by atoms with Gasteiger partial charge in [0.25, 0.3) is 0 Å². The zero-order chi connectivity index (χ0) is 14.5. The Hall–Kier alpha value is -1.81. The van der Waals surface area contributed by atoms with Crippen molar-refractivity contribution in [3.63, 3.8) is 0 Å². The highest BCUT2D eigenvalue weighted by Crippen LogP contribution is 2.25. The molecule has 1 atom stereocenters. The van der Waals surface area contributed by atoms with Crippen LogP contribution in [0.5, 0.6) is 0 Å². The fourth-order valence-electron chi connectivity index (χ4n) is 1.98. The molecule has 2 aromatic rings. The van der Waals surface area contributed by atoms with Crippen molar-refractivity contribution in [2.45, 2.75) is 26.3 Å². The summed E-state index contributed by atoms with van der Waals surface area (Å²) in [5, 5.41) is 7.18. The van der Waals surface area contributed by atoms with Crippen molar-refractivity contribution in [1.29, 1.82) is 0 Å². The van der Waals surface area contributed by atoms with Gasteiger partial charge in [-0.05, 0) is 18.6 Å². The van der Waals surface area contributed by atoms with Crippen LogP contribution in [0, 0.1) is 0 Å². The molecule has 0 saturated carbocycles. The Morgan fingerprint density at radius 3 is 2.55 bits per heavy atom. The van der Waals surface area contributed by atoms with Crippen LogP contribution >= 0.6 is 11.6 Å². The lowest BCUT2D eigenvalue weighted by Gasteiger charge is -2.17. The molecule has 0 aliphatic carbocycles. The Labute approximate surface area is 124 Å². The summed E-state index contributed by atoms with van der Waals surface area (Å²) < 4.78 is 0. The zero-order valence-electron chi connectivity index (χ0n) is 11.9. The monoisotopic (exact) mass is 290 g/mol.